The van der Waals surface area contributed by atoms with Crippen molar-refractivity contribution in [3.63, 3.8) is 0 Å². The average molecular weight is 382 g/mol. The number of para-hydroxylation sites is 1. The van der Waals surface area contributed by atoms with Crippen LogP contribution >= 0.6 is 11.3 Å². The number of thiazole rings is 1. The van der Waals surface area contributed by atoms with E-state index in [4.69, 9.17) is 9.47 Å². The number of ether oxygens (including phenoxy) is 2. The van der Waals surface area contributed by atoms with Gasteiger partial charge in [0.2, 0.25) is 5.91 Å². The van der Waals surface area contributed by atoms with Crippen molar-refractivity contribution in [2.24, 2.45) is 5.92 Å². The van der Waals surface area contributed by atoms with Crippen LogP contribution in [0.4, 0.5) is 0 Å². The summed E-state index contributed by atoms with van der Waals surface area (Å²) < 4.78 is 12.2. The molecule has 0 saturated heterocycles. The van der Waals surface area contributed by atoms with Crippen LogP contribution in [0, 0.1) is 5.92 Å². The Labute approximate surface area is 162 Å². The van der Waals surface area contributed by atoms with Gasteiger partial charge < -0.3 is 14.8 Å². The minimum atomic E-state index is -0.145. The van der Waals surface area contributed by atoms with Crippen LogP contribution in [0.2, 0.25) is 0 Å². The number of hydrogen-bond acceptors (Lipinski definition) is 5. The number of methoxy groups -OCH3 is 1. The van der Waals surface area contributed by atoms with Crippen LogP contribution in [0.3, 0.4) is 0 Å². The zero-order chi connectivity index (χ0) is 18.6. The standard InChI is InChI=1S/C21H22N2O3S/c1-25-16-9-8-14-11-15(13-26-18(14)12-16)21(24)22-10-4-7-20-23-17-5-2-3-6-19(17)27-20/h2-3,5-6,8-9,12,15H,4,7,10-11,13H2,1H3,(H,22,24)/t15-/m1/s1. The second kappa shape index (κ2) is 7.96. The third-order valence-electron chi connectivity index (χ3n) is 4.76. The van der Waals surface area contributed by atoms with Gasteiger partial charge in [0.05, 0.1) is 28.3 Å². The molecule has 2 heterocycles. The van der Waals surface area contributed by atoms with Gasteiger partial charge in [-0.05, 0) is 36.6 Å². The first-order valence-electron chi connectivity index (χ1n) is 9.15. The van der Waals surface area contributed by atoms with E-state index in [0.717, 1.165) is 40.4 Å². The van der Waals surface area contributed by atoms with Gasteiger partial charge in [0.25, 0.3) is 0 Å². The molecule has 6 heteroatoms. The summed E-state index contributed by atoms with van der Waals surface area (Å²) in [6, 6.07) is 13.9. The monoisotopic (exact) mass is 382 g/mol. The van der Waals surface area contributed by atoms with E-state index in [1.165, 1.54) is 4.70 Å². The summed E-state index contributed by atoms with van der Waals surface area (Å²) >= 11 is 1.73. The fourth-order valence-corrected chi connectivity index (χ4v) is 4.28. The van der Waals surface area contributed by atoms with Gasteiger partial charge in [-0.15, -0.1) is 11.3 Å². The molecule has 0 radical (unpaired) electrons. The van der Waals surface area contributed by atoms with Crippen LogP contribution in [0.5, 0.6) is 11.5 Å². The Hall–Kier alpha value is -2.60. The molecule has 4 rings (SSSR count). The highest BCUT2D eigenvalue weighted by Crippen LogP contribution is 2.31. The highest BCUT2D eigenvalue weighted by molar-refractivity contribution is 7.18. The SMILES string of the molecule is COc1ccc2c(c1)OC[C@H](C(=O)NCCCc1nc3ccccc3s1)C2. The van der Waals surface area contributed by atoms with Gasteiger partial charge in [0.15, 0.2) is 0 Å². The zero-order valence-electron chi connectivity index (χ0n) is 15.2. The molecule has 0 spiro atoms. The van der Waals surface area contributed by atoms with Crippen LogP contribution in [-0.2, 0) is 17.6 Å². The van der Waals surface area contributed by atoms with Crippen molar-refractivity contribution in [2.75, 3.05) is 20.3 Å². The minimum Gasteiger partial charge on any atom is -0.497 e. The van der Waals surface area contributed by atoms with Crippen LogP contribution in [0.25, 0.3) is 10.2 Å². The molecule has 0 fully saturated rings. The highest BCUT2D eigenvalue weighted by Gasteiger charge is 2.26. The maximum atomic E-state index is 12.5. The van der Waals surface area contributed by atoms with Gasteiger partial charge >= 0.3 is 0 Å². The van der Waals surface area contributed by atoms with Crippen molar-refractivity contribution < 1.29 is 14.3 Å². The molecule has 1 aromatic heterocycles. The van der Waals surface area contributed by atoms with Gasteiger partial charge in [0, 0.05) is 19.0 Å². The first-order chi connectivity index (χ1) is 13.2. The molecule has 2 aromatic carbocycles. The molecular formula is C21H22N2O3S. The predicted molar refractivity (Wildman–Crippen MR) is 107 cm³/mol. The Bertz CT molecular complexity index is 921. The maximum absolute atomic E-state index is 12.5. The molecule has 0 unspecified atom stereocenters. The van der Waals surface area contributed by atoms with Gasteiger partial charge in [0.1, 0.15) is 18.1 Å². The van der Waals surface area contributed by atoms with Crippen molar-refractivity contribution in [1.82, 2.24) is 10.3 Å². The third kappa shape index (κ3) is 4.06. The average Bonchev–Trinajstić information content (AvgIpc) is 3.13. The summed E-state index contributed by atoms with van der Waals surface area (Å²) in [6.45, 7) is 1.06. The summed E-state index contributed by atoms with van der Waals surface area (Å²) in [7, 11) is 1.63. The Morgan fingerprint density at radius 3 is 3.07 bits per heavy atom. The van der Waals surface area contributed by atoms with Crippen molar-refractivity contribution in [3.8, 4) is 11.5 Å². The molecular weight excluding hydrogens is 360 g/mol. The normalized spacial score (nSPS) is 15.8. The zero-order valence-corrected chi connectivity index (χ0v) is 16.1. The van der Waals surface area contributed by atoms with E-state index in [1.807, 2.05) is 36.4 Å². The number of nitrogens with one attached hydrogen (secondary N) is 1. The number of aromatic nitrogens is 1. The number of aryl methyl sites for hydroxylation is 1. The van der Waals surface area contributed by atoms with Gasteiger partial charge in [-0.1, -0.05) is 18.2 Å². The molecule has 1 N–H and O–H groups in total. The minimum absolute atomic E-state index is 0.0563. The highest BCUT2D eigenvalue weighted by atomic mass is 32.1. The molecule has 3 aromatic rings. The molecule has 1 aliphatic rings. The van der Waals surface area contributed by atoms with E-state index in [1.54, 1.807) is 18.4 Å². The number of hydrogen-bond donors (Lipinski definition) is 1. The van der Waals surface area contributed by atoms with Gasteiger partial charge in [-0.3, -0.25) is 4.79 Å². The molecule has 140 valence electrons. The van der Waals surface area contributed by atoms with E-state index in [-0.39, 0.29) is 11.8 Å². The lowest BCUT2D eigenvalue weighted by atomic mass is 9.96. The summed E-state index contributed by atoms with van der Waals surface area (Å²) in [6.07, 6.45) is 2.46. The van der Waals surface area contributed by atoms with E-state index < -0.39 is 0 Å². The number of carbonyl (C=O) groups excluding carboxylic acids is 1. The largest absolute Gasteiger partial charge is 0.497 e. The van der Waals surface area contributed by atoms with Crippen LogP contribution in [0.15, 0.2) is 42.5 Å². The summed E-state index contributed by atoms with van der Waals surface area (Å²) in [5.41, 5.74) is 2.10. The van der Waals surface area contributed by atoms with E-state index in [9.17, 15) is 4.79 Å². The number of fused-ring (bicyclic) bond motifs is 2. The summed E-state index contributed by atoms with van der Waals surface area (Å²) in [5, 5.41) is 4.16. The second-order valence-electron chi connectivity index (χ2n) is 6.66. The first-order valence-corrected chi connectivity index (χ1v) is 9.96. The van der Waals surface area contributed by atoms with E-state index >= 15 is 0 Å². The van der Waals surface area contributed by atoms with E-state index in [0.29, 0.717) is 19.6 Å². The van der Waals surface area contributed by atoms with Gasteiger partial charge in [-0.2, -0.15) is 0 Å². The Morgan fingerprint density at radius 1 is 1.33 bits per heavy atom. The number of rotatable bonds is 6. The van der Waals surface area contributed by atoms with Crippen molar-refractivity contribution >= 4 is 27.5 Å². The number of carbonyl (C=O) groups is 1. The molecule has 27 heavy (non-hydrogen) atoms. The van der Waals surface area contributed by atoms with Crippen molar-refractivity contribution in [3.05, 3.63) is 53.0 Å². The molecule has 5 nitrogen and oxygen atoms in total. The second-order valence-corrected chi connectivity index (χ2v) is 7.77. The fourth-order valence-electron chi connectivity index (χ4n) is 3.27. The predicted octanol–water partition coefficient (Wildman–Crippen LogP) is 3.61. The molecule has 0 saturated carbocycles. The Balaban J connectivity index is 1.26. The maximum Gasteiger partial charge on any atom is 0.226 e. The molecule has 1 amide bonds. The number of nitrogens with zero attached hydrogens (tertiary/aromatic N) is 1. The quantitative estimate of drug-likeness (QED) is 0.662. The number of benzene rings is 2. The van der Waals surface area contributed by atoms with Gasteiger partial charge in [-0.25, -0.2) is 4.98 Å². The lowest BCUT2D eigenvalue weighted by Crippen LogP contribution is -2.37. The van der Waals surface area contributed by atoms with Crippen LogP contribution in [0.1, 0.15) is 17.0 Å². The first kappa shape index (κ1) is 17.8. The Kier molecular flexibility index (Phi) is 5.25. The summed E-state index contributed by atoms with van der Waals surface area (Å²) in [5.74, 6) is 1.50. The lowest BCUT2D eigenvalue weighted by molar-refractivity contribution is -0.126. The fraction of sp³-hybridized carbons (Fsp3) is 0.333. The number of amides is 1. The summed E-state index contributed by atoms with van der Waals surface area (Å²) in [4.78, 5) is 17.1. The lowest BCUT2D eigenvalue weighted by Gasteiger charge is -2.25. The van der Waals surface area contributed by atoms with Crippen molar-refractivity contribution in [1.29, 1.82) is 0 Å². The Morgan fingerprint density at radius 2 is 2.22 bits per heavy atom. The smallest absolute Gasteiger partial charge is 0.226 e. The van der Waals surface area contributed by atoms with E-state index in [2.05, 4.69) is 16.4 Å². The molecule has 0 aliphatic carbocycles. The molecule has 0 bridgehead atoms. The van der Waals surface area contributed by atoms with Crippen LogP contribution < -0.4 is 14.8 Å². The van der Waals surface area contributed by atoms with Crippen molar-refractivity contribution in [2.45, 2.75) is 19.3 Å². The molecule has 1 aliphatic heterocycles. The van der Waals surface area contributed by atoms with Crippen LogP contribution in [-0.4, -0.2) is 31.2 Å². The molecule has 1 atom stereocenters. The topological polar surface area (TPSA) is 60.5 Å². The third-order valence-corrected chi connectivity index (χ3v) is 5.85.